The van der Waals surface area contributed by atoms with Crippen molar-refractivity contribution in [2.45, 2.75) is 44.4 Å². The first-order valence-electron chi connectivity index (χ1n) is 11.5. The topological polar surface area (TPSA) is 69.7 Å². The Labute approximate surface area is 191 Å². The largest absolute Gasteiger partial charge is 0.346 e. The maximum absolute atomic E-state index is 12.7. The van der Waals surface area contributed by atoms with Gasteiger partial charge in [-0.25, -0.2) is 8.42 Å². The van der Waals surface area contributed by atoms with E-state index in [2.05, 4.69) is 28.4 Å². The molecule has 0 radical (unpaired) electrons. The number of carbonyl (C=O) groups is 1. The fourth-order valence-corrected chi connectivity index (χ4v) is 6.02. The van der Waals surface area contributed by atoms with Crippen LogP contribution in [-0.4, -0.2) is 56.8 Å². The fraction of sp³-hybridized carbons (Fsp3) is 0.480. The van der Waals surface area contributed by atoms with Crippen LogP contribution in [0.25, 0.3) is 0 Å². The Morgan fingerprint density at radius 1 is 0.969 bits per heavy atom. The molecule has 6 nitrogen and oxygen atoms in total. The highest BCUT2D eigenvalue weighted by molar-refractivity contribution is 7.88. The number of fused-ring (bicyclic) bond motifs is 1. The zero-order valence-corrected chi connectivity index (χ0v) is 19.8. The standard InChI is InChI=1S/C25H33N3O3S/c1-19(23-12-11-21-5-3-4-6-24(21)17-23)26-25(29)22-9-7-20(8-10-22)18-32(30,31)28-15-13-27(2)14-16-28/h7-12,17,19H,3-6,13-16,18H2,1-2H3,(H,26,29). The quantitative estimate of drug-likeness (QED) is 0.727. The predicted molar refractivity (Wildman–Crippen MR) is 127 cm³/mol. The van der Waals surface area contributed by atoms with Gasteiger partial charge in [0, 0.05) is 31.7 Å². The van der Waals surface area contributed by atoms with E-state index in [1.807, 2.05) is 14.0 Å². The molecule has 0 saturated carbocycles. The lowest BCUT2D eigenvalue weighted by molar-refractivity contribution is 0.0940. The van der Waals surface area contributed by atoms with Crippen molar-refractivity contribution in [3.8, 4) is 0 Å². The summed E-state index contributed by atoms with van der Waals surface area (Å²) in [6, 6.07) is 13.4. The SMILES string of the molecule is CC(NC(=O)c1ccc(CS(=O)(=O)N2CCN(C)CC2)cc1)c1ccc2c(c1)CCCC2. The average Bonchev–Trinajstić information content (AvgIpc) is 2.79. The number of nitrogens with one attached hydrogen (secondary N) is 1. The molecule has 4 rings (SSSR count). The first-order valence-corrected chi connectivity index (χ1v) is 13.1. The minimum absolute atomic E-state index is 0.0376. The van der Waals surface area contributed by atoms with Crippen LogP contribution < -0.4 is 5.32 Å². The molecule has 1 saturated heterocycles. The molecule has 1 aliphatic heterocycles. The number of amides is 1. The van der Waals surface area contributed by atoms with E-state index in [4.69, 9.17) is 0 Å². The van der Waals surface area contributed by atoms with Crippen LogP contribution in [0.2, 0.25) is 0 Å². The molecule has 2 aromatic carbocycles. The summed E-state index contributed by atoms with van der Waals surface area (Å²) in [5, 5.41) is 3.07. The van der Waals surface area contributed by atoms with E-state index in [1.54, 1.807) is 28.6 Å². The Morgan fingerprint density at radius 2 is 1.62 bits per heavy atom. The maximum Gasteiger partial charge on any atom is 0.251 e. The zero-order chi connectivity index (χ0) is 22.7. The van der Waals surface area contributed by atoms with Gasteiger partial charge in [0.25, 0.3) is 5.91 Å². The lowest BCUT2D eigenvalue weighted by Crippen LogP contribution is -2.47. The Kier molecular flexibility index (Phi) is 6.98. The van der Waals surface area contributed by atoms with Crippen molar-refractivity contribution >= 4 is 15.9 Å². The number of hydrogen-bond acceptors (Lipinski definition) is 4. The van der Waals surface area contributed by atoms with E-state index in [9.17, 15) is 13.2 Å². The number of benzene rings is 2. The van der Waals surface area contributed by atoms with Crippen LogP contribution >= 0.6 is 0 Å². The normalized spacial score (nSPS) is 18.7. The summed E-state index contributed by atoms with van der Waals surface area (Å²) in [7, 11) is -1.35. The van der Waals surface area contributed by atoms with Gasteiger partial charge < -0.3 is 10.2 Å². The van der Waals surface area contributed by atoms with Gasteiger partial charge in [0.15, 0.2) is 0 Å². The number of sulfonamides is 1. The summed E-state index contributed by atoms with van der Waals surface area (Å²) >= 11 is 0. The molecule has 7 heteroatoms. The van der Waals surface area contributed by atoms with Crippen molar-refractivity contribution in [3.63, 3.8) is 0 Å². The number of hydrogen-bond donors (Lipinski definition) is 1. The van der Waals surface area contributed by atoms with Gasteiger partial charge in [-0.3, -0.25) is 4.79 Å². The van der Waals surface area contributed by atoms with Gasteiger partial charge in [0.05, 0.1) is 11.8 Å². The highest BCUT2D eigenvalue weighted by atomic mass is 32.2. The van der Waals surface area contributed by atoms with Crippen LogP contribution in [0.5, 0.6) is 0 Å². The molecule has 1 heterocycles. The predicted octanol–water partition coefficient (Wildman–Crippen LogP) is 3.13. The van der Waals surface area contributed by atoms with E-state index < -0.39 is 10.0 Å². The number of carbonyl (C=O) groups excluding carboxylic acids is 1. The number of rotatable bonds is 6. The summed E-state index contributed by atoms with van der Waals surface area (Å²) < 4.78 is 27.0. The molecule has 0 spiro atoms. The minimum atomic E-state index is -3.35. The second kappa shape index (κ2) is 9.73. The van der Waals surface area contributed by atoms with E-state index in [1.165, 1.54) is 24.0 Å². The molecule has 1 fully saturated rings. The Morgan fingerprint density at radius 3 is 2.31 bits per heavy atom. The van der Waals surface area contributed by atoms with E-state index in [0.29, 0.717) is 24.2 Å². The third kappa shape index (κ3) is 5.39. The van der Waals surface area contributed by atoms with Crippen molar-refractivity contribution < 1.29 is 13.2 Å². The molecule has 0 aromatic heterocycles. The van der Waals surface area contributed by atoms with Crippen molar-refractivity contribution in [1.82, 2.24) is 14.5 Å². The molecular formula is C25H33N3O3S. The van der Waals surface area contributed by atoms with Gasteiger partial charge in [0.2, 0.25) is 10.0 Å². The van der Waals surface area contributed by atoms with Gasteiger partial charge in [-0.05, 0) is 74.0 Å². The maximum atomic E-state index is 12.7. The molecule has 2 aliphatic rings. The Hall–Kier alpha value is -2.22. The molecule has 1 amide bonds. The molecule has 2 aromatic rings. The third-order valence-electron chi connectivity index (χ3n) is 6.64. The molecule has 0 bridgehead atoms. The van der Waals surface area contributed by atoms with E-state index in [0.717, 1.165) is 31.5 Å². The minimum Gasteiger partial charge on any atom is -0.346 e. The molecule has 1 N–H and O–H groups in total. The lowest BCUT2D eigenvalue weighted by atomic mass is 9.89. The van der Waals surface area contributed by atoms with Crippen molar-refractivity contribution in [1.29, 1.82) is 0 Å². The monoisotopic (exact) mass is 455 g/mol. The summed E-state index contributed by atoms with van der Waals surface area (Å²) in [6.45, 7) is 4.56. The summed E-state index contributed by atoms with van der Waals surface area (Å²) in [5.74, 6) is -0.187. The number of aryl methyl sites for hydroxylation is 2. The first-order chi connectivity index (χ1) is 15.3. The summed E-state index contributed by atoms with van der Waals surface area (Å²) in [4.78, 5) is 14.9. The van der Waals surface area contributed by atoms with Gasteiger partial charge in [-0.2, -0.15) is 4.31 Å². The average molecular weight is 456 g/mol. The van der Waals surface area contributed by atoms with Crippen LogP contribution in [0.15, 0.2) is 42.5 Å². The van der Waals surface area contributed by atoms with E-state index >= 15 is 0 Å². The van der Waals surface area contributed by atoms with Crippen LogP contribution in [0.1, 0.15) is 58.4 Å². The van der Waals surface area contributed by atoms with Gasteiger partial charge >= 0.3 is 0 Å². The van der Waals surface area contributed by atoms with Gasteiger partial charge in [-0.1, -0.05) is 30.3 Å². The van der Waals surface area contributed by atoms with Crippen molar-refractivity contribution in [3.05, 3.63) is 70.3 Å². The molecule has 32 heavy (non-hydrogen) atoms. The van der Waals surface area contributed by atoms with E-state index in [-0.39, 0.29) is 17.7 Å². The Bertz CT molecular complexity index is 1060. The van der Waals surface area contributed by atoms with Crippen molar-refractivity contribution in [2.75, 3.05) is 33.2 Å². The zero-order valence-electron chi connectivity index (χ0n) is 19.0. The fourth-order valence-electron chi connectivity index (χ4n) is 4.51. The molecular weight excluding hydrogens is 422 g/mol. The number of nitrogens with zero attached hydrogens (tertiary/aromatic N) is 2. The molecule has 1 unspecified atom stereocenters. The lowest BCUT2D eigenvalue weighted by Gasteiger charge is -2.31. The molecule has 1 atom stereocenters. The van der Waals surface area contributed by atoms with Gasteiger partial charge in [0.1, 0.15) is 0 Å². The van der Waals surface area contributed by atoms with Crippen LogP contribution in [0, 0.1) is 0 Å². The first kappa shape index (κ1) is 23.0. The van der Waals surface area contributed by atoms with Gasteiger partial charge in [-0.15, -0.1) is 0 Å². The molecule has 172 valence electrons. The summed E-state index contributed by atoms with van der Waals surface area (Å²) in [5.41, 5.74) is 5.19. The third-order valence-corrected chi connectivity index (χ3v) is 8.49. The van der Waals surface area contributed by atoms with Crippen molar-refractivity contribution in [2.24, 2.45) is 0 Å². The second-order valence-electron chi connectivity index (χ2n) is 9.09. The summed E-state index contributed by atoms with van der Waals surface area (Å²) in [6.07, 6.45) is 4.74. The highest BCUT2D eigenvalue weighted by Crippen LogP contribution is 2.25. The number of piperazine rings is 1. The van der Waals surface area contributed by atoms with Crippen LogP contribution in [0.4, 0.5) is 0 Å². The number of likely N-dealkylation sites (N-methyl/N-ethyl adjacent to an activating group) is 1. The second-order valence-corrected chi connectivity index (χ2v) is 11.1. The smallest absolute Gasteiger partial charge is 0.251 e. The van der Waals surface area contributed by atoms with Crippen LogP contribution in [0.3, 0.4) is 0 Å². The van der Waals surface area contributed by atoms with Crippen LogP contribution in [-0.2, 0) is 28.6 Å². The Balaban J connectivity index is 1.36. The highest BCUT2D eigenvalue weighted by Gasteiger charge is 2.26. The molecule has 1 aliphatic carbocycles.